The van der Waals surface area contributed by atoms with Crippen LogP contribution in [0.4, 0.5) is 0 Å². The number of carbonyl (C=O) groups is 1. The lowest BCUT2D eigenvalue weighted by atomic mass is 10.0. The van der Waals surface area contributed by atoms with Gasteiger partial charge in [-0.2, -0.15) is 0 Å². The van der Waals surface area contributed by atoms with Crippen LogP contribution in [0.2, 0.25) is 0 Å². The van der Waals surface area contributed by atoms with E-state index in [1.807, 2.05) is 25.1 Å². The summed E-state index contributed by atoms with van der Waals surface area (Å²) in [6.07, 6.45) is 0.911. The van der Waals surface area contributed by atoms with Gasteiger partial charge in [0.1, 0.15) is 0 Å². The van der Waals surface area contributed by atoms with Crippen molar-refractivity contribution in [1.82, 2.24) is 10.3 Å². The lowest BCUT2D eigenvalue weighted by Gasteiger charge is -2.08. The number of rotatable bonds is 2. The SMILES string of the molecule is CCc1cc(C(=O)NC)c2nc(C)ccc2c1. The van der Waals surface area contributed by atoms with Gasteiger partial charge in [0.2, 0.25) is 0 Å². The lowest BCUT2D eigenvalue weighted by molar-refractivity contribution is 0.0964. The molecule has 0 atom stereocenters. The molecule has 2 rings (SSSR count). The van der Waals surface area contributed by atoms with Crippen molar-refractivity contribution in [1.29, 1.82) is 0 Å². The predicted octanol–water partition coefficient (Wildman–Crippen LogP) is 2.47. The van der Waals surface area contributed by atoms with Gasteiger partial charge in [0.25, 0.3) is 5.91 Å². The van der Waals surface area contributed by atoms with Crippen LogP contribution >= 0.6 is 0 Å². The quantitative estimate of drug-likeness (QED) is 0.858. The van der Waals surface area contributed by atoms with Gasteiger partial charge < -0.3 is 5.32 Å². The first-order valence-corrected chi connectivity index (χ1v) is 5.78. The summed E-state index contributed by atoms with van der Waals surface area (Å²) >= 11 is 0. The molecule has 0 fully saturated rings. The molecule has 1 aromatic heterocycles. The number of nitrogens with one attached hydrogen (secondary N) is 1. The third kappa shape index (κ3) is 2.13. The Morgan fingerprint density at radius 1 is 1.35 bits per heavy atom. The van der Waals surface area contributed by atoms with Gasteiger partial charge in [-0.15, -0.1) is 0 Å². The summed E-state index contributed by atoms with van der Waals surface area (Å²) < 4.78 is 0. The largest absolute Gasteiger partial charge is 0.355 e. The molecule has 1 N–H and O–H groups in total. The number of amides is 1. The number of pyridine rings is 1. The summed E-state index contributed by atoms with van der Waals surface area (Å²) in [4.78, 5) is 16.3. The first-order valence-electron chi connectivity index (χ1n) is 5.78. The monoisotopic (exact) mass is 228 g/mol. The molecule has 1 aromatic carbocycles. The molecule has 0 saturated heterocycles. The van der Waals surface area contributed by atoms with Crippen LogP contribution in [0, 0.1) is 6.92 Å². The Morgan fingerprint density at radius 3 is 2.76 bits per heavy atom. The molecule has 0 bridgehead atoms. The third-order valence-electron chi connectivity index (χ3n) is 2.87. The summed E-state index contributed by atoms with van der Waals surface area (Å²) in [7, 11) is 1.64. The molecule has 0 saturated carbocycles. The maximum Gasteiger partial charge on any atom is 0.253 e. The average Bonchev–Trinajstić information content (AvgIpc) is 2.36. The Bertz CT molecular complexity index is 576. The van der Waals surface area contributed by atoms with E-state index in [-0.39, 0.29) is 5.91 Å². The second-order valence-electron chi connectivity index (χ2n) is 4.10. The number of nitrogens with zero attached hydrogens (tertiary/aromatic N) is 1. The summed E-state index contributed by atoms with van der Waals surface area (Å²) in [5.74, 6) is -0.0802. The highest BCUT2D eigenvalue weighted by Crippen LogP contribution is 2.20. The van der Waals surface area contributed by atoms with E-state index in [2.05, 4.69) is 23.3 Å². The zero-order valence-corrected chi connectivity index (χ0v) is 10.4. The van der Waals surface area contributed by atoms with Crippen molar-refractivity contribution < 1.29 is 4.79 Å². The Morgan fingerprint density at radius 2 is 2.12 bits per heavy atom. The van der Waals surface area contributed by atoms with Crippen LogP contribution in [0.15, 0.2) is 24.3 Å². The molecule has 1 amide bonds. The molecular weight excluding hydrogens is 212 g/mol. The number of fused-ring (bicyclic) bond motifs is 1. The van der Waals surface area contributed by atoms with Crippen LogP contribution < -0.4 is 5.32 Å². The summed E-state index contributed by atoms with van der Waals surface area (Å²) in [6.45, 7) is 4.01. The van der Waals surface area contributed by atoms with Crippen molar-refractivity contribution in [2.45, 2.75) is 20.3 Å². The minimum absolute atomic E-state index is 0.0802. The van der Waals surface area contributed by atoms with Gasteiger partial charge in [-0.3, -0.25) is 9.78 Å². The summed E-state index contributed by atoms with van der Waals surface area (Å²) in [5, 5.41) is 3.69. The van der Waals surface area contributed by atoms with Gasteiger partial charge in [-0.25, -0.2) is 0 Å². The lowest BCUT2D eigenvalue weighted by Crippen LogP contribution is -2.18. The molecule has 1 heterocycles. The van der Waals surface area contributed by atoms with E-state index < -0.39 is 0 Å². The number of carbonyl (C=O) groups excluding carboxylic acids is 1. The van der Waals surface area contributed by atoms with Crippen LogP contribution in [-0.2, 0) is 6.42 Å². The van der Waals surface area contributed by atoms with Crippen molar-refractivity contribution in [2.24, 2.45) is 0 Å². The second-order valence-corrected chi connectivity index (χ2v) is 4.10. The number of benzene rings is 1. The van der Waals surface area contributed by atoms with E-state index in [0.29, 0.717) is 5.56 Å². The average molecular weight is 228 g/mol. The van der Waals surface area contributed by atoms with Crippen LogP contribution in [0.3, 0.4) is 0 Å². The number of aryl methyl sites for hydroxylation is 2. The fraction of sp³-hybridized carbons (Fsp3) is 0.286. The summed E-state index contributed by atoms with van der Waals surface area (Å²) in [6, 6.07) is 8.00. The van der Waals surface area contributed by atoms with Crippen molar-refractivity contribution in [3.63, 3.8) is 0 Å². The first kappa shape index (κ1) is 11.6. The summed E-state index contributed by atoms with van der Waals surface area (Å²) in [5.41, 5.74) is 3.51. The molecule has 17 heavy (non-hydrogen) atoms. The molecule has 0 unspecified atom stereocenters. The molecule has 0 aliphatic carbocycles. The van der Waals surface area contributed by atoms with E-state index in [0.717, 1.165) is 28.6 Å². The fourth-order valence-corrected chi connectivity index (χ4v) is 1.91. The minimum Gasteiger partial charge on any atom is -0.355 e. The molecular formula is C14H16N2O. The number of aromatic nitrogens is 1. The van der Waals surface area contributed by atoms with Crippen molar-refractivity contribution in [2.75, 3.05) is 7.05 Å². The highest BCUT2D eigenvalue weighted by atomic mass is 16.1. The molecule has 0 radical (unpaired) electrons. The van der Waals surface area contributed by atoms with Gasteiger partial charge in [-0.05, 0) is 37.1 Å². The predicted molar refractivity (Wildman–Crippen MR) is 69.2 cm³/mol. The van der Waals surface area contributed by atoms with Crippen molar-refractivity contribution in [3.8, 4) is 0 Å². The minimum atomic E-state index is -0.0802. The van der Waals surface area contributed by atoms with Crippen molar-refractivity contribution >= 4 is 16.8 Å². The smallest absolute Gasteiger partial charge is 0.253 e. The highest BCUT2D eigenvalue weighted by Gasteiger charge is 2.11. The molecule has 88 valence electrons. The fourth-order valence-electron chi connectivity index (χ4n) is 1.91. The number of hydrogen-bond donors (Lipinski definition) is 1. The van der Waals surface area contributed by atoms with Crippen LogP contribution in [0.1, 0.15) is 28.5 Å². The van der Waals surface area contributed by atoms with E-state index in [1.165, 1.54) is 0 Å². The molecule has 0 spiro atoms. The van der Waals surface area contributed by atoms with Gasteiger partial charge >= 0.3 is 0 Å². The Labute approximate surface area is 101 Å². The topological polar surface area (TPSA) is 42.0 Å². The normalized spacial score (nSPS) is 10.5. The molecule has 0 aliphatic rings. The number of hydrogen-bond acceptors (Lipinski definition) is 2. The van der Waals surface area contributed by atoms with Crippen LogP contribution in [0.25, 0.3) is 10.9 Å². The zero-order chi connectivity index (χ0) is 12.4. The van der Waals surface area contributed by atoms with E-state index >= 15 is 0 Å². The molecule has 3 nitrogen and oxygen atoms in total. The van der Waals surface area contributed by atoms with Crippen LogP contribution in [0.5, 0.6) is 0 Å². The van der Waals surface area contributed by atoms with E-state index in [9.17, 15) is 4.79 Å². The van der Waals surface area contributed by atoms with Gasteiger partial charge in [0, 0.05) is 18.1 Å². The van der Waals surface area contributed by atoms with Gasteiger partial charge in [0.15, 0.2) is 0 Å². The first-order chi connectivity index (χ1) is 8.15. The van der Waals surface area contributed by atoms with Crippen molar-refractivity contribution in [3.05, 3.63) is 41.1 Å². The molecule has 0 aliphatic heterocycles. The standard InChI is InChI=1S/C14H16N2O/c1-4-10-7-11-6-5-9(2)16-13(11)12(8-10)14(17)15-3/h5-8H,4H2,1-3H3,(H,15,17). The molecule has 2 aromatic rings. The van der Waals surface area contributed by atoms with E-state index in [4.69, 9.17) is 0 Å². The van der Waals surface area contributed by atoms with E-state index in [1.54, 1.807) is 7.05 Å². The van der Waals surface area contributed by atoms with Gasteiger partial charge in [-0.1, -0.05) is 13.0 Å². The van der Waals surface area contributed by atoms with Gasteiger partial charge in [0.05, 0.1) is 11.1 Å². The Kier molecular flexibility index (Phi) is 3.09. The maximum atomic E-state index is 11.9. The maximum absolute atomic E-state index is 11.9. The second kappa shape index (κ2) is 4.53. The van der Waals surface area contributed by atoms with Crippen LogP contribution in [-0.4, -0.2) is 17.9 Å². The highest BCUT2D eigenvalue weighted by molar-refractivity contribution is 6.05. The zero-order valence-electron chi connectivity index (χ0n) is 10.4. The Balaban J connectivity index is 2.76. The molecule has 3 heteroatoms. The Hall–Kier alpha value is -1.90. The third-order valence-corrected chi connectivity index (χ3v) is 2.87.